The normalized spacial score (nSPS) is 11.3. The topological polar surface area (TPSA) is 43.5 Å². The molecule has 1 heterocycles. The van der Waals surface area contributed by atoms with Gasteiger partial charge in [-0.15, -0.1) is 4.98 Å². The smallest absolute Gasteiger partial charge is 0.310 e. The average Bonchev–Trinajstić information content (AvgIpc) is 2.54. The predicted molar refractivity (Wildman–Crippen MR) is 99.5 cm³/mol. The summed E-state index contributed by atoms with van der Waals surface area (Å²) in [5.41, 5.74) is 2.13. The summed E-state index contributed by atoms with van der Waals surface area (Å²) in [6.07, 6.45) is 1.55. The second-order valence-electron chi connectivity index (χ2n) is 7.45. The second kappa shape index (κ2) is 7.65. The van der Waals surface area contributed by atoms with E-state index in [1.807, 2.05) is 34.6 Å². The number of benzene rings is 1. The molecule has 0 atom stereocenters. The summed E-state index contributed by atoms with van der Waals surface area (Å²) in [5.74, 6) is -0.491. The number of ether oxygens (including phenoxy) is 1. The van der Waals surface area contributed by atoms with E-state index in [-0.39, 0.29) is 29.9 Å². The molecule has 0 radical (unpaired) electrons. The second-order valence-corrected chi connectivity index (χ2v) is 7.45. The molecule has 0 aliphatic rings. The molecule has 0 amide bonds. The summed E-state index contributed by atoms with van der Waals surface area (Å²) < 4.78 is 19.7. The number of aromatic nitrogens is 1. The number of nitrogens with zero attached hydrogens (tertiary/aromatic N) is 2. The minimum Gasteiger partial charge on any atom is -0.460 e. The van der Waals surface area contributed by atoms with E-state index in [1.165, 1.54) is 18.3 Å². The lowest BCUT2D eigenvalue weighted by Gasteiger charge is -2.22. The van der Waals surface area contributed by atoms with Crippen LogP contribution in [0.5, 0.6) is 0 Å². The maximum absolute atomic E-state index is 14.3. The Kier molecular flexibility index (Phi) is 5.76. The first-order valence-corrected chi connectivity index (χ1v) is 8.48. The van der Waals surface area contributed by atoms with Crippen LogP contribution in [0.4, 0.5) is 10.2 Å². The van der Waals surface area contributed by atoms with Crippen molar-refractivity contribution < 1.29 is 13.9 Å². The van der Waals surface area contributed by atoms with Gasteiger partial charge in [0, 0.05) is 0 Å². The third-order valence-electron chi connectivity index (χ3n) is 3.78. The summed E-state index contributed by atoms with van der Waals surface area (Å²) in [6, 6.07) is 6.18. The molecule has 26 heavy (non-hydrogen) atoms. The van der Waals surface area contributed by atoms with Crippen LogP contribution in [0, 0.1) is 12.4 Å². The van der Waals surface area contributed by atoms with E-state index in [9.17, 15) is 9.18 Å². The summed E-state index contributed by atoms with van der Waals surface area (Å²) in [4.78, 5) is 19.7. The Bertz CT molecular complexity index is 861. The zero-order chi connectivity index (χ0) is 19.5. The number of esters is 1. The molecule has 0 saturated carbocycles. The number of hydrogen-bond donors (Lipinski definition) is 0. The number of pyridine rings is 1. The Morgan fingerprint density at radius 1 is 1.31 bits per heavy atom. The van der Waals surface area contributed by atoms with Gasteiger partial charge in [0.05, 0.1) is 6.42 Å². The molecular formula is C21H23FN2O2. The van der Waals surface area contributed by atoms with Crippen molar-refractivity contribution in [3.63, 3.8) is 0 Å². The van der Waals surface area contributed by atoms with E-state index in [0.717, 1.165) is 11.1 Å². The van der Waals surface area contributed by atoms with Gasteiger partial charge < -0.3 is 9.58 Å². The molecule has 4 nitrogen and oxygen atoms in total. The Morgan fingerprint density at radius 3 is 2.58 bits per heavy atom. The van der Waals surface area contributed by atoms with Crippen LogP contribution >= 0.6 is 0 Å². The van der Waals surface area contributed by atoms with Crippen molar-refractivity contribution in [2.75, 3.05) is 0 Å². The Hall–Kier alpha value is -2.74. The molecule has 2 aromatic rings. The highest BCUT2D eigenvalue weighted by Gasteiger charge is 2.22. The number of hydrogen-bond acceptors (Lipinski definition) is 3. The van der Waals surface area contributed by atoms with Gasteiger partial charge in [0.15, 0.2) is 0 Å². The van der Waals surface area contributed by atoms with Crippen molar-refractivity contribution in [3.8, 4) is 11.1 Å². The van der Waals surface area contributed by atoms with E-state index in [1.54, 1.807) is 12.1 Å². The first-order valence-electron chi connectivity index (χ1n) is 8.48. The highest BCUT2D eigenvalue weighted by Crippen LogP contribution is 2.33. The fourth-order valence-corrected chi connectivity index (χ4v) is 2.80. The summed E-state index contributed by atoms with van der Waals surface area (Å²) in [7, 11) is 0. The average molecular weight is 354 g/mol. The zero-order valence-corrected chi connectivity index (χ0v) is 15.8. The third kappa shape index (κ3) is 4.89. The van der Waals surface area contributed by atoms with Crippen molar-refractivity contribution in [2.45, 2.75) is 52.6 Å². The van der Waals surface area contributed by atoms with Crippen LogP contribution < -0.4 is 0 Å². The molecular weight excluding hydrogens is 331 g/mol. The maximum atomic E-state index is 14.3. The van der Waals surface area contributed by atoms with E-state index in [4.69, 9.17) is 11.3 Å². The quantitative estimate of drug-likeness (QED) is 0.542. The van der Waals surface area contributed by atoms with Gasteiger partial charge in [-0.05, 0) is 73.2 Å². The molecule has 0 saturated heterocycles. The van der Waals surface area contributed by atoms with Crippen LogP contribution in [0.1, 0.15) is 51.7 Å². The predicted octanol–water partition coefficient (Wildman–Crippen LogP) is 5.45. The zero-order valence-electron chi connectivity index (χ0n) is 15.8. The van der Waals surface area contributed by atoms with Crippen molar-refractivity contribution in [1.29, 1.82) is 0 Å². The van der Waals surface area contributed by atoms with Gasteiger partial charge in [-0.2, -0.15) is 0 Å². The summed E-state index contributed by atoms with van der Waals surface area (Å²) in [5, 5.41) is 0. The van der Waals surface area contributed by atoms with Crippen LogP contribution in [0.3, 0.4) is 0 Å². The molecule has 0 aliphatic heterocycles. The van der Waals surface area contributed by atoms with Gasteiger partial charge in [-0.3, -0.25) is 4.79 Å². The molecule has 0 aliphatic carbocycles. The van der Waals surface area contributed by atoms with E-state index < -0.39 is 5.60 Å². The fourth-order valence-electron chi connectivity index (χ4n) is 2.80. The number of rotatable bonds is 4. The number of carbonyl (C=O) groups excluding carboxylic acids is 1. The molecule has 2 rings (SSSR count). The molecule has 136 valence electrons. The highest BCUT2D eigenvalue weighted by molar-refractivity contribution is 5.80. The van der Waals surface area contributed by atoms with E-state index in [2.05, 4.69) is 9.83 Å². The molecule has 1 aromatic carbocycles. The first kappa shape index (κ1) is 19.6. The monoisotopic (exact) mass is 354 g/mol. The molecule has 0 bridgehead atoms. The highest BCUT2D eigenvalue weighted by atomic mass is 19.1. The van der Waals surface area contributed by atoms with Gasteiger partial charge in [-0.1, -0.05) is 20.4 Å². The molecule has 0 fully saturated rings. The SMILES string of the molecule is [C-]#[N+]c1cc(-c2cc(F)cc(C(C)C)c2CC(=O)OC(C)(C)C)ccn1. The molecule has 0 unspecified atom stereocenters. The lowest BCUT2D eigenvalue weighted by atomic mass is 9.88. The molecule has 0 spiro atoms. The van der Waals surface area contributed by atoms with Gasteiger partial charge in [0.1, 0.15) is 17.6 Å². The Labute approximate surface area is 153 Å². The Balaban J connectivity index is 2.59. The largest absolute Gasteiger partial charge is 0.460 e. The molecule has 0 N–H and O–H groups in total. The van der Waals surface area contributed by atoms with Gasteiger partial charge in [-0.25, -0.2) is 4.39 Å². The van der Waals surface area contributed by atoms with Gasteiger partial charge >= 0.3 is 5.97 Å². The Morgan fingerprint density at radius 2 is 2.00 bits per heavy atom. The third-order valence-corrected chi connectivity index (χ3v) is 3.78. The maximum Gasteiger partial charge on any atom is 0.310 e. The van der Waals surface area contributed by atoms with Crippen molar-refractivity contribution in [1.82, 2.24) is 4.98 Å². The van der Waals surface area contributed by atoms with Crippen LogP contribution in [0.25, 0.3) is 16.0 Å². The van der Waals surface area contributed by atoms with E-state index >= 15 is 0 Å². The summed E-state index contributed by atoms with van der Waals surface area (Å²) in [6.45, 7) is 16.5. The molecule has 5 heteroatoms. The van der Waals surface area contributed by atoms with Gasteiger partial charge in [0.2, 0.25) is 0 Å². The first-order chi connectivity index (χ1) is 12.1. The van der Waals surface area contributed by atoms with Crippen molar-refractivity contribution in [3.05, 3.63) is 58.8 Å². The number of carbonyl (C=O) groups is 1. The van der Waals surface area contributed by atoms with Crippen LogP contribution in [0.2, 0.25) is 0 Å². The minimum absolute atomic E-state index is 0.0315. The fraction of sp³-hybridized carbons (Fsp3) is 0.381. The lowest BCUT2D eigenvalue weighted by Crippen LogP contribution is -2.25. The van der Waals surface area contributed by atoms with Gasteiger partial charge in [0.25, 0.3) is 5.82 Å². The van der Waals surface area contributed by atoms with Crippen LogP contribution in [0.15, 0.2) is 30.5 Å². The van der Waals surface area contributed by atoms with E-state index in [0.29, 0.717) is 11.1 Å². The van der Waals surface area contributed by atoms with Crippen LogP contribution in [-0.2, 0) is 16.0 Å². The number of halogens is 1. The molecule has 1 aromatic heterocycles. The van der Waals surface area contributed by atoms with Crippen molar-refractivity contribution in [2.24, 2.45) is 0 Å². The van der Waals surface area contributed by atoms with Crippen molar-refractivity contribution >= 4 is 11.8 Å². The van der Waals surface area contributed by atoms with Crippen LogP contribution in [-0.4, -0.2) is 16.6 Å². The standard InChI is InChI=1S/C21H23FN2O2/c1-13(2)16-10-15(22)11-17(14-7-8-24-19(9-14)23-6)18(16)12-20(25)26-21(3,4)5/h7-11,13H,12H2,1-5H3. The lowest BCUT2D eigenvalue weighted by molar-refractivity contribution is -0.153. The summed E-state index contributed by atoms with van der Waals surface area (Å²) >= 11 is 0. The minimum atomic E-state index is -0.594.